The van der Waals surface area contributed by atoms with E-state index in [4.69, 9.17) is 16.0 Å². The van der Waals surface area contributed by atoms with E-state index in [0.717, 1.165) is 33.8 Å². The molecule has 3 rings (SSSR count). The van der Waals surface area contributed by atoms with E-state index in [1.165, 1.54) is 11.7 Å². The lowest BCUT2D eigenvalue weighted by Crippen LogP contribution is -2.07. The van der Waals surface area contributed by atoms with Crippen molar-refractivity contribution in [2.75, 3.05) is 5.32 Å². The van der Waals surface area contributed by atoms with Gasteiger partial charge in [-0.15, -0.1) is 0 Å². The number of aryl methyl sites for hydroxylation is 2. The maximum atomic E-state index is 6.29. The Morgan fingerprint density at radius 2 is 2.10 bits per heavy atom. The number of nitrogens with one attached hydrogen (secondary N) is 1. The zero-order valence-corrected chi connectivity index (χ0v) is 13.0. The minimum atomic E-state index is 0.0808. The van der Waals surface area contributed by atoms with Crippen molar-refractivity contribution < 1.29 is 4.42 Å². The molecule has 3 aromatic rings. The largest absolute Gasteiger partial charge is 0.466 e. The highest BCUT2D eigenvalue weighted by Gasteiger charge is 2.16. The summed E-state index contributed by atoms with van der Waals surface area (Å²) in [6.45, 7) is 5.99. The fraction of sp³-hybridized carbons (Fsp3) is 0.286. The molecular formula is C14H14ClN3OS. The van der Waals surface area contributed by atoms with Gasteiger partial charge in [-0.3, -0.25) is 0 Å². The van der Waals surface area contributed by atoms with E-state index in [1.807, 2.05) is 32.0 Å². The molecule has 1 atom stereocenters. The van der Waals surface area contributed by atoms with Crippen LogP contribution in [0.2, 0.25) is 5.02 Å². The summed E-state index contributed by atoms with van der Waals surface area (Å²) in [6, 6.07) is 5.84. The average molecular weight is 308 g/mol. The number of hydrogen-bond acceptors (Lipinski definition) is 5. The van der Waals surface area contributed by atoms with Gasteiger partial charge in [0.2, 0.25) is 0 Å². The van der Waals surface area contributed by atoms with E-state index in [2.05, 4.69) is 21.0 Å². The Bertz CT molecular complexity index is 765. The van der Waals surface area contributed by atoms with Gasteiger partial charge in [0.05, 0.1) is 28.5 Å². The predicted octanol–water partition coefficient (Wildman–Crippen LogP) is 4.73. The number of rotatable bonds is 3. The van der Waals surface area contributed by atoms with Gasteiger partial charge in [-0.25, -0.2) is 0 Å². The summed E-state index contributed by atoms with van der Waals surface area (Å²) >= 11 is 7.48. The van der Waals surface area contributed by atoms with Crippen LogP contribution < -0.4 is 5.32 Å². The summed E-state index contributed by atoms with van der Waals surface area (Å²) in [5.74, 6) is 1.83. The highest BCUT2D eigenvalue weighted by atomic mass is 35.5. The highest BCUT2D eigenvalue weighted by Crippen LogP contribution is 2.33. The van der Waals surface area contributed by atoms with E-state index in [1.54, 1.807) is 0 Å². The number of nitrogens with zero attached hydrogens (tertiary/aromatic N) is 2. The molecule has 0 aliphatic heterocycles. The van der Waals surface area contributed by atoms with Crippen molar-refractivity contribution in [1.29, 1.82) is 0 Å². The van der Waals surface area contributed by atoms with Gasteiger partial charge in [-0.1, -0.05) is 11.6 Å². The molecule has 4 nitrogen and oxygen atoms in total. The van der Waals surface area contributed by atoms with Gasteiger partial charge >= 0.3 is 0 Å². The van der Waals surface area contributed by atoms with Crippen LogP contribution in [0.4, 0.5) is 5.69 Å². The maximum absolute atomic E-state index is 6.29. The van der Waals surface area contributed by atoms with E-state index >= 15 is 0 Å². The van der Waals surface area contributed by atoms with Crippen LogP contribution in [-0.2, 0) is 0 Å². The first-order valence-electron chi connectivity index (χ1n) is 6.30. The number of aromatic nitrogens is 2. The lowest BCUT2D eigenvalue weighted by Gasteiger charge is -2.16. The number of halogens is 1. The van der Waals surface area contributed by atoms with Crippen LogP contribution in [-0.4, -0.2) is 8.75 Å². The Balaban J connectivity index is 1.98. The van der Waals surface area contributed by atoms with E-state index in [9.17, 15) is 0 Å². The summed E-state index contributed by atoms with van der Waals surface area (Å²) in [5, 5.41) is 4.07. The lowest BCUT2D eigenvalue weighted by molar-refractivity contribution is 0.500. The quantitative estimate of drug-likeness (QED) is 0.760. The molecule has 0 fully saturated rings. The third-order valence-corrected chi connectivity index (χ3v) is 4.14. The molecule has 2 heterocycles. The normalized spacial score (nSPS) is 12.8. The third kappa shape index (κ3) is 2.27. The Kier molecular flexibility index (Phi) is 3.40. The van der Waals surface area contributed by atoms with Crippen LogP contribution in [0.15, 0.2) is 22.6 Å². The molecule has 6 heteroatoms. The topological polar surface area (TPSA) is 51.0 Å². The fourth-order valence-corrected chi connectivity index (χ4v) is 3.09. The van der Waals surface area contributed by atoms with Crippen molar-refractivity contribution in [1.82, 2.24) is 8.75 Å². The van der Waals surface area contributed by atoms with Gasteiger partial charge in [0.1, 0.15) is 22.6 Å². The Hall–Kier alpha value is -1.59. The van der Waals surface area contributed by atoms with Crippen LogP contribution in [0.3, 0.4) is 0 Å². The van der Waals surface area contributed by atoms with Gasteiger partial charge < -0.3 is 9.73 Å². The average Bonchev–Trinajstić information content (AvgIpc) is 2.99. The molecule has 0 aliphatic carbocycles. The summed E-state index contributed by atoms with van der Waals surface area (Å²) in [6.07, 6.45) is 0. The standard InChI is InChI=1S/C14H14ClN3OS/c1-7-6-10(9(3)19-7)8(2)16-13-11(15)4-5-12-14(13)18-20-17-12/h4-6,8,16H,1-3H3. The molecule has 1 aromatic carbocycles. The fourth-order valence-electron chi connectivity index (χ4n) is 2.34. The zero-order chi connectivity index (χ0) is 14.3. The molecule has 0 spiro atoms. The van der Waals surface area contributed by atoms with Gasteiger partial charge in [-0.2, -0.15) is 8.75 Å². The lowest BCUT2D eigenvalue weighted by atomic mass is 10.1. The van der Waals surface area contributed by atoms with E-state index in [-0.39, 0.29) is 6.04 Å². The number of furan rings is 1. The van der Waals surface area contributed by atoms with Gasteiger partial charge in [0.15, 0.2) is 0 Å². The summed E-state index contributed by atoms with van der Waals surface area (Å²) in [4.78, 5) is 0. The van der Waals surface area contributed by atoms with Gasteiger partial charge in [-0.05, 0) is 39.0 Å². The van der Waals surface area contributed by atoms with Crippen molar-refractivity contribution >= 4 is 40.0 Å². The van der Waals surface area contributed by atoms with Gasteiger partial charge in [0.25, 0.3) is 0 Å². The third-order valence-electron chi connectivity index (χ3n) is 3.28. The van der Waals surface area contributed by atoms with E-state index in [0.29, 0.717) is 5.02 Å². The summed E-state index contributed by atoms with van der Waals surface area (Å²) < 4.78 is 14.1. The SMILES string of the molecule is Cc1cc(C(C)Nc2c(Cl)ccc3nsnc23)c(C)o1. The first-order valence-corrected chi connectivity index (χ1v) is 7.41. The first kappa shape index (κ1) is 13.4. The zero-order valence-electron chi connectivity index (χ0n) is 11.4. The molecule has 1 unspecified atom stereocenters. The van der Waals surface area contributed by atoms with E-state index < -0.39 is 0 Å². The first-order chi connectivity index (χ1) is 9.56. The molecule has 104 valence electrons. The highest BCUT2D eigenvalue weighted by molar-refractivity contribution is 7.00. The molecule has 0 bridgehead atoms. The number of fused-ring (bicyclic) bond motifs is 1. The molecule has 0 amide bonds. The molecule has 20 heavy (non-hydrogen) atoms. The second-order valence-corrected chi connectivity index (χ2v) is 5.72. The Morgan fingerprint density at radius 1 is 1.30 bits per heavy atom. The van der Waals surface area contributed by atoms with Crippen molar-refractivity contribution in [3.05, 3.63) is 40.3 Å². The van der Waals surface area contributed by atoms with Gasteiger partial charge in [0, 0.05) is 5.56 Å². The molecule has 0 saturated heterocycles. The molecule has 2 aromatic heterocycles. The molecule has 0 aliphatic rings. The number of benzene rings is 1. The van der Waals surface area contributed by atoms with Crippen LogP contribution in [0.25, 0.3) is 11.0 Å². The molecular weight excluding hydrogens is 294 g/mol. The summed E-state index contributed by atoms with van der Waals surface area (Å²) in [7, 11) is 0. The van der Waals surface area contributed by atoms with Crippen LogP contribution in [0.1, 0.15) is 30.0 Å². The van der Waals surface area contributed by atoms with Crippen molar-refractivity contribution in [2.24, 2.45) is 0 Å². The second kappa shape index (κ2) is 5.07. The van der Waals surface area contributed by atoms with Crippen LogP contribution >= 0.6 is 23.3 Å². The second-order valence-electron chi connectivity index (χ2n) is 4.79. The van der Waals surface area contributed by atoms with Crippen LogP contribution in [0, 0.1) is 13.8 Å². The number of anilines is 1. The monoisotopic (exact) mass is 307 g/mol. The predicted molar refractivity (Wildman–Crippen MR) is 82.6 cm³/mol. The van der Waals surface area contributed by atoms with Crippen LogP contribution in [0.5, 0.6) is 0 Å². The maximum Gasteiger partial charge on any atom is 0.129 e. The minimum Gasteiger partial charge on any atom is -0.466 e. The number of hydrogen-bond donors (Lipinski definition) is 1. The summed E-state index contributed by atoms with van der Waals surface area (Å²) in [5.41, 5.74) is 3.61. The van der Waals surface area contributed by atoms with Crippen molar-refractivity contribution in [3.8, 4) is 0 Å². The van der Waals surface area contributed by atoms with Crippen molar-refractivity contribution in [3.63, 3.8) is 0 Å². The smallest absolute Gasteiger partial charge is 0.129 e. The molecule has 0 radical (unpaired) electrons. The van der Waals surface area contributed by atoms with Crippen molar-refractivity contribution in [2.45, 2.75) is 26.8 Å². The minimum absolute atomic E-state index is 0.0808. The Morgan fingerprint density at radius 3 is 2.80 bits per heavy atom. The molecule has 0 saturated carbocycles. The molecule has 1 N–H and O–H groups in total. The Labute approximate surface area is 126 Å².